The highest BCUT2D eigenvalue weighted by molar-refractivity contribution is 5.94. The molecule has 2 rings (SSSR count). The number of aliphatic hydroxyl groups is 1. The average molecular weight is 491 g/mol. The summed E-state index contributed by atoms with van der Waals surface area (Å²) < 4.78 is 0. The molecule has 0 aliphatic carbocycles. The molecule has 190 valence electrons. The molecule has 13 heteroatoms. The second-order valence-electron chi connectivity index (χ2n) is 8.06. The highest BCUT2D eigenvalue weighted by Gasteiger charge is 2.30. The second kappa shape index (κ2) is 12.5. The third-order valence-corrected chi connectivity index (χ3v) is 5.26. The number of primary amides is 1. The van der Waals surface area contributed by atoms with Gasteiger partial charge in [0, 0.05) is 29.9 Å². The topological polar surface area (TPSA) is 230 Å². The Balaban J connectivity index is 2.10. The number of hydrogen-bond donors (Lipinski definition) is 8. The summed E-state index contributed by atoms with van der Waals surface area (Å²) >= 11 is 0. The summed E-state index contributed by atoms with van der Waals surface area (Å²) in [5.41, 5.74) is 12.1. The molecular formula is C22H30N6O7. The average Bonchev–Trinajstić information content (AvgIpc) is 3.21. The van der Waals surface area contributed by atoms with Crippen molar-refractivity contribution in [3.05, 3.63) is 36.0 Å². The number of nitrogens with one attached hydrogen (secondary N) is 4. The van der Waals surface area contributed by atoms with Crippen LogP contribution in [0.15, 0.2) is 30.5 Å². The number of aliphatic hydroxyl groups excluding tert-OH is 1. The van der Waals surface area contributed by atoms with Crippen LogP contribution < -0.4 is 27.4 Å². The van der Waals surface area contributed by atoms with Gasteiger partial charge in [0.2, 0.25) is 23.6 Å². The number of nitrogens with two attached hydrogens (primary N) is 2. The van der Waals surface area contributed by atoms with Crippen molar-refractivity contribution in [1.82, 2.24) is 20.9 Å². The number of para-hydroxylation sites is 1. The van der Waals surface area contributed by atoms with Gasteiger partial charge in [0.05, 0.1) is 12.6 Å². The van der Waals surface area contributed by atoms with Crippen molar-refractivity contribution in [1.29, 1.82) is 0 Å². The molecule has 13 nitrogen and oxygen atoms in total. The van der Waals surface area contributed by atoms with Crippen molar-refractivity contribution in [2.75, 3.05) is 6.61 Å². The van der Waals surface area contributed by atoms with Gasteiger partial charge in [-0.2, -0.15) is 0 Å². The minimum absolute atomic E-state index is 0.0527. The zero-order chi connectivity index (χ0) is 26.1. The van der Waals surface area contributed by atoms with Gasteiger partial charge in [0.1, 0.15) is 18.1 Å². The van der Waals surface area contributed by atoms with Crippen LogP contribution in [0.3, 0.4) is 0 Å². The quantitative estimate of drug-likeness (QED) is 0.154. The molecule has 1 heterocycles. The Morgan fingerprint density at radius 2 is 1.57 bits per heavy atom. The van der Waals surface area contributed by atoms with Gasteiger partial charge in [0.15, 0.2) is 0 Å². The molecule has 4 atom stereocenters. The van der Waals surface area contributed by atoms with E-state index in [-0.39, 0.29) is 19.3 Å². The third-order valence-electron chi connectivity index (χ3n) is 5.26. The number of rotatable bonds is 13. The number of aromatic nitrogens is 1. The first-order valence-electron chi connectivity index (χ1n) is 10.9. The molecule has 0 saturated heterocycles. The molecule has 2 aromatic rings. The van der Waals surface area contributed by atoms with Crippen molar-refractivity contribution < 1.29 is 34.2 Å². The van der Waals surface area contributed by atoms with Gasteiger partial charge >= 0.3 is 5.97 Å². The molecule has 0 radical (unpaired) electrons. The second-order valence-corrected chi connectivity index (χ2v) is 8.06. The minimum atomic E-state index is -1.52. The Morgan fingerprint density at radius 3 is 2.17 bits per heavy atom. The maximum absolute atomic E-state index is 12.7. The van der Waals surface area contributed by atoms with E-state index in [2.05, 4.69) is 20.9 Å². The number of amides is 4. The van der Waals surface area contributed by atoms with Crippen LogP contribution in [0.2, 0.25) is 0 Å². The van der Waals surface area contributed by atoms with Crippen LogP contribution in [0.5, 0.6) is 0 Å². The molecule has 0 fully saturated rings. The SMILES string of the molecule is CC(N)C(=O)NC(CCC(N)=O)C(=O)NC(CO)C(=O)NC(Cc1c[nH]c2ccccc12)C(=O)O. The summed E-state index contributed by atoms with van der Waals surface area (Å²) in [6, 6.07) is 2.17. The highest BCUT2D eigenvalue weighted by Crippen LogP contribution is 2.19. The Kier molecular flexibility index (Phi) is 9.73. The Bertz CT molecular complexity index is 1080. The number of carbonyl (C=O) groups excluding carboxylic acids is 4. The van der Waals surface area contributed by atoms with Crippen LogP contribution in [0.1, 0.15) is 25.3 Å². The predicted molar refractivity (Wildman–Crippen MR) is 125 cm³/mol. The number of carboxylic acid groups (broad SMARTS) is 1. The van der Waals surface area contributed by atoms with Crippen molar-refractivity contribution in [2.45, 2.75) is 50.4 Å². The molecule has 1 aromatic carbocycles. The fourth-order valence-electron chi connectivity index (χ4n) is 3.32. The molecule has 1 aromatic heterocycles. The van der Waals surface area contributed by atoms with E-state index in [0.717, 1.165) is 10.9 Å². The molecular weight excluding hydrogens is 460 g/mol. The lowest BCUT2D eigenvalue weighted by Gasteiger charge is -2.23. The van der Waals surface area contributed by atoms with Crippen molar-refractivity contribution >= 4 is 40.5 Å². The van der Waals surface area contributed by atoms with Crippen molar-refractivity contribution in [3.63, 3.8) is 0 Å². The predicted octanol–water partition coefficient (Wildman–Crippen LogP) is -2.15. The molecule has 4 amide bonds. The lowest BCUT2D eigenvalue weighted by Crippen LogP contribution is -2.58. The maximum atomic E-state index is 12.7. The van der Waals surface area contributed by atoms with E-state index < -0.39 is 60.4 Å². The third kappa shape index (κ3) is 7.79. The molecule has 0 aliphatic rings. The lowest BCUT2D eigenvalue weighted by atomic mass is 10.0. The first kappa shape index (κ1) is 27.3. The zero-order valence-electron chi connectivity index (χ0n) is 19.1. The maximum Gasteiger partial charge on any atom is 0.326 e. The van der Waals surface area contributed by atoms with Gasteiger partial charge in [-0.3, -0.25) is 19.2 Å². The van der Waals surface area contributed by atoms with E-state index >= 15 is 0 Å². The van der Waals surface area contributed by atoms with Crippen molar-refractivity contribution in [2.24, 2.45) is 11.5 Å². The number of H-pyrrole nitrogens is 1. The number of fused-ring (bicyclic) bond motifs is 1. The van der Waals surface area contributed by atoms with Gasteiger partial charge in [0.25, 0.3) is 0 Å². The van der Waals surface area contributed by atoms with Crippen LogP contribution in [0.4, 0.5) is 0 Å². The highest BCUT2D eigenvalue weighted by atomic mass is 16.4. The van der Waals surface area contributed by atoms with E-state index in [9.17, 15) is 34.2 Å². The molecule has 0 saturated carbocycles. The number of hydrogen-bond acceptors (Lipinski definition) is 7. The summed E-state index contributed by atoms with van der Waals surface area (Å²) in [5, 5.41) is 27.0. The fraction of sp³-hybridized carbons (Fsp3) is 0.409. The number of carbonyl (C=O) groups is 5. The van der Waals surface area contributed by atoms with Crippen LogP contribution >= 0.6 is 0 Å². The first-order valence-corrected chi connectivity index (χ1v) is 10.9. The summed E-state index contributed by atoms with van der Waals surface area (Å²) in [6.07, 6.45) is 1.18. The van der Waals surface area contributed by atoms with Crippen LogP contribution in [0.25, 0.3) is 10.9 Å². The van der Waals surface area contributed by atoms with Gasteiger partial charge in [-0.25, -0.2) is 4.79 Å². The number of benzene rings is 1. The largest absolute Gasteiger partial charge is 0.480 e. The fourth-order valence-corrected chi connectivity index (χ4v) is 3.32. The first-order chi connectivity index (χ1) is 16.5. The number of aromatic amines is 1. The Hall–Kier alpha value is -3.97. The molecule has 0 bridgehead atoms. The van der Waals surface area contributed by atoms with Crippen LogP contribution in [0, 0.1) is 0 Å². The van der Waals surface area contributed by atoms with Crippen LogP contribution in [-0.2, 0) is 30.4 Å². The Morgan fingerprint density at radius 1 is 0.971 bits per heavy atom. The number of carboxylic acids is 1. The number of aliphatic carboxylic acids is 1. The Labute approximate surface area is 200 Å². The summed E-state index contributed by atoms with van der Waals surface area (Å²) in [4.78, 5) is 63.2. The standard InChI is InChI=1S/C22H30N6O7/c1-11(23)19(31)26-15(6-7-18(24)30)20(32)28-17(10-29)21(33)27-16(22(34)35)8-12-9-25-14-5-3-2-4-13(12)14/h2-5,9,11,15-17,25,29H,6-8,10,23H2,1H3,(H2,24,30)(H,26,31)(H,27,33)(H,28,32)(H,34,35). The van der Waals surface area contributed by atoms with E-state index in [0.29, 0.717) is 5.56 Å². The monoisotopic (exact) mass is 490 g/mol. The zero-order valence-corrected chi connectivity index (χ0v) is 19.1. The molecule has 4 unspecified atom stereocenters. The molecule has 35 heavy (non-hydrogen) atoms. The smallest absolute Gasteiger partial charge is 0.326 e. The molecule has 10 N–H and O–H groups in total. The van der Waals surface area contributed by atoms with E-state index in [4.69, 9.17) is 11.5 Å². The van der Waals surface area contributed by atoms with Gasteiger partial charge < -0.3 is 42.6 Å². The van der Waals surface area contributed by atoms with Crippen LogP contribution in [-0.4, -0.2) is 75.6 Å². The molecule has 0 aliphatic heterocycles. The minimum Gasteiger partial charge on any atom is -0.480 e. The van der Waals surface area contributed by atoms with Gasteiger partial charge in [-0.05, 0) is 25.0 Å². The van der Waals surface area contributed by atoms with Gasteiger partial charge in [-0.1, -0.05) is 18.2 Å². The summed E-state index contributed by atoms with van der Waals surface area (Å²) in [5.74, 6) is -4.52. The van der Waals surface area contributed by atoms with Crippen molar-refractivity contribution in [3.8, 4) is 0 Å². The summed E-state index contributed by atoms with van der Waals surface area (Å²) in [7, 11) is 0. The molecule has 0 spiro atoms. The van der Waals surface area contributed by atoms with E-state index in [1.54, 1.807) is 18.3 Å². The van der Waals surface area contributed by atoms with Gasteiger partial charge in [-0.15, -0.1) is 0 Å². The lowest BCUT2D eigenvalue weighted by molar-refractivity contribution is -0.142. The normalized spacial score (nSPS) is 14.4. The van der Waals surface area contributed by atoms with E-state index in [1.165, 1.54) is 6.92 Å². The summed E-state index contributed by atoms with van der Waals surface area (Å²) in [6.45, 7) is 0.545. The van der Waals surface area contributed by atoms with E-state index in [1.807, 2.05) is 12.1 Å².